The van der Waals surface area contributed by atoms with Gasteiger partial charge in [-0.05, 0) is 125 Å². The molecule has 0 aliphatic heterocycles. The zero-order chi connectivity index (χ0) is 49.4. The molecule has 0 atom stereocenters. The Kier molecular flexibility index (Phi) is 9.88. The maximum absolute atomic E-state index is 5.51. The minimum Gasteiger partial charge on any atom is -0.292 e. The van der Waals surface area contributed by atoms with Crippen molar-refractivity contribution in [3.8, 4) is 84.9 Å². The zero-order valence-electron chi connectivity index (χ0n) is 40.7. The maximum atomic E-state index is 5.51. The fourth-order valence-corrected chi connectivity index (χ4v) is 11.5. The van der Waals surface area contributed by atoms with Crippen LogP contribution in [0, 0.1) is 0 Å². The summed E-state index contributed by atoms with van der Waals surface area (Å²) in [4.78, 5) is 21.5. The van der Waals surface area contributed by atoms with Crippen molar-refractivity contribution >= 4 is 43.9 Å². The number of fused-ring (bicyclic) bond motifs is 2. The van der Waals surface area contributed by atoms with Gasteiger partial charge in [0.05, 0.1) is 44.5 Å². The van der Waals surface area contributed by atoms with Crippen LogP contribution in [0.25, 0.3) is 129 Å². The van der Waals surface area contributed by atoms with E-state index in [9.17, 15) is 0 Å². The second-order valence-electron chi connectivity index (χ2n) is 19.4. The minimum atomic E-state index is 0.624. The van der Waals surface area contributed by atoms with Crippen molar-refractivity contribution in [3.05, 3.63) is 260 Å². The monoisotopic (exact) mass is 959 g/mol. The van der Waals surface area contributed by atoms with Crippen molar-refractivity contribution < 1.29 is 0 Å². The maximum Gasteiger partial charge on any atom is 0.235 e. The number of rotatable bonds is 9. The number of imidazole rings is 2. The number of hydrogen-bond donors (Lipinski definition) is 0. The van der Waals surface area contributed by atoms with Crippen molar-refractivity contribution in [2.24, 2.45) is 0 Å². The second-order valence-corrected chi connectivity index (χ2v) is 19.4. The van der Waals surface area contributed by atoms with Crippen LogP contribution in [0.15, 0.2) is 249 Å². The second kappa shape index (κ2) is 17.4. The van der Waals surface area contributed by atoms with Gasteiger partial charge < -0.3 is 0 Å². The third-order valence-electron chi connectivity index (χ3n) is 14.9. The van der Waals surface area contributed by atoms with Crippen LogP contribution in [-0.2, 0) is 12.8 Å². The molecule has 4 heterocycles. The number of hydrogen-bond acceptors (Lipinski definition) is 4. The lowest BCUT2D eigenvalue weighted by Gasteiger charge is -2.17. The molecule has 1 aliphatic rings. The summed E-state index contributed by atoms with van der Waals surface area (Å²) in [6, 6.07) is 88.2. The molecule has 0 spiro atoms. The van der Waals surface area contributed by atoms with E-state index < -0.39 is 0 Å². The van der Waals surface area contributed by atoms with Gasteiger partial charge in [0.1, 0.15) is 11.6 Å². The molecule has 352 valence electrons. The first-order valence-electron chi connectivity index (χ1n) is 25.6. The largest absolute Gasteiger partial charge is 0.292 e. The molecule has 1 aliphatic carbocycles. The fourth-order valence-electron chi connectivity index (χ4n) is 11.5. The van der Waals surface area contributed by atoms with Gasteiger partial charge in [-0.1, -0.05) is 170 Å². The van der Waals surface area contributed by atoms with Gasteiger partial charge in [0.2, 0.25) is 5.95 Å². The van der Waals surface area contributed by atoms with E-state index in [-0.39, 0.29) is 0 Å². The van der Waals surface area contributed by atoms with Crippen molar-refractivity contribution in [1.82, 2.24) is 33.6 Å². The standard InChI is InChI=1S/C68H45N7/c1-5-19-44(20-6-1)58-43-59(45-21-7-2-8-22-45)72-68(71-58)75-62-41-52(46-23-17-25-50(37-46)66-69-56-31-13-15-33-60(56)73(66)54-27-9-3-10-28-54)39-48-35-36-49-40-53(42-63(75)65(49)64(48)62)47-24-18-26-51(38-47)67-70-57-32-14-16-34-61(57)74(67)55-29-11-4-12-30-55/h1-34,37-43H,35-36H2. The Morgan fingerprint density at radius 2 is 0.653 bits per heavy atom. The molecule has 15 rings (SSSR count). The van der Waals surface area contributed by atoms with Crippen LogP contribution in [0.3, 0.4) is 0 Å². The van der Waals surface area contributed by atoms with Crippen LogP contribution in [0.5, 0.6) is 0 Å². The Bertz CT molecular complexity index is 4230. The summed E-state index contributed by atoms with van der Waals surface area (Å²) in [5.41, 5.74) is 21.3. The van der Waals surface area contributed by atoms with Crippen LogP contribution in [-0.4, -0.2) is 33.6 Å². The number of aryl methyl sites for hydroxylation is 2. The molecule has 0 unspecified atom stereocenters. The topological polar surface area (TPSA) is 66.3 Å². The van der Waals surface area contributed by atoms with Crippen molar-refractivity contribution in [2.45, 2.75) is 12.8 Å². The highest BCUT2D eigenvalue weighted by molar-refractivity contribution is 6.15. The number of aromatic nitrogens is 7. The lowest BCUT2D eigenvalue weighted by atomic mass is 9.87. The molecule has 0 radical (unpaired) electrons. The summed E-state index contributed by atoms with van der Waals surface area (Å²) < 4.78 is 6.89. The van der Waals surface area contributed by atoms with E-state index in [4.69, 9.17) is 19.9 Å². The molecule has 0 saturated carbocycles. The summed E-state index contributed by atoms with van der Waals surface area (Å²) in [7, 11) is 0. The summed E-state index contributed by atoms with van der Waals surface area (Å²) >= 11 is 0. The van der Waals surface area contributed by atoms with Gasteiger partial charge in [0.25, 0.3) is 0 Å². The normalized spacial score (nSPS) is 12.2. The van der Waals surface area contributed by atoms with E-state index >= 15 is 0 Å². The van der Waals surface area contributed by atoms with Gasteiger partial charge in [-0.3, -0.25) is 13.7 Å². The molecular weight excluding hydrogens is 915 g/mol. The molecule has 0 amide bonds. The van der Waals surface area contributed by atoms with E-state index in [2.05, 4.69) is 262 Å². The molecule has 0 saturated heterocycles. The van der Waals surface area contributed by atoms with E-state index in [1.807, 2.05) is 0 Å². The molecule has 7 nitrogen and oxygen atoms in total. The molecule has 75 heavy (non-hydrogen) atoms. The quantitative estimate of drug-likeness (QED) is 0.145. The molecule has 4 aromatic heterocycles. The van der Waals surface area contributed by atoms with Crippen LogP contribution in [0.2, 0.25) is 0 Å². The molecule has 14 aromatic rings. The Morgan fingerprint density at radius 1 is 0.267 bits per heavy atom. The lowest BCUT2D eigenvalue weighted by Crippen LogP contribution is -2.04. The molecule has 10 aromatic carbocycles. The first-order chi connectivity index (χ1) is 37.2. The molecule has 0 bridgehead atoms. The van der Waals surface area contributed by atoms with Crippen LogP contribution < -0.4 is 0 Å². The third-order valence-corrected chi connectivity index (χ3v) is 14.9. The third kappa shape index (κ3) is 7.19. The first-order valence-corrected chi connectivity index (χ1v) is 25.6. The Labute approximate surface area is 433 Å². The highest BCUT2D eigenvalue weighted by atomic mass is 15.2. The summed E-state index contributed by atoms with van der Waals surface area (Å²) in [6.45, 7) is 0. The molecule has 0 fully saturated rings. The van der Waals surface area contributed by atoms with Gasteiger partial charge in [-0.25, -0.2) is 19.9 Å². The average Bonchev–Trinajstić information content (AvgIpc) is 4.25. The lowest BCUT2D eigenvalue weighted by molar-refractivity contribution is 0.970. The van der Waals surface area contributed by atoms with Crippen molar-refractivity contribution in [3.63, 3.8) is 0 Å². The first kappa shape index (κ1) is 42.7. The summed E-state index contributed by atoms with van der Waals surface area (Å²) in [6.07, 6.45) is 1.79. The smallest absolute Gasteiger partial charge is 0.235 e. The number of benzene rings is 10. The van der Waals surface area contributed by atoms with E-state index in [0.717, 1.165) is 125 Å². The van der Waals surface area contributed by atoms with Crippen molar-refractivity contribution in [1.29, 1.82) is 0 Å². The van der Waals surface area contributed by atoms with Gasteiger partial charge in [-0.2, -0.15) is 0 Å². The Hall–Kier alpha value is -9.98. The Morgan fingerprint density at radius 3 is 1.11 bits per heavy atom. The van der Waals surface area contributed by atoms with Crippen molar-refractivity contribution in [2.75, 3.05) is 0 Å². The van der Waals surface area contributed by atoms with Crippen LogP contribution in [0.1, 0.15) is 11.1 Å². The highest BCUT2D eigenvalue weighted by Gasteiger charge is 2.27. The molecule has 0 N–H and O–H groups in total. The van der Waals surface area contributed by atoms with Gasteiger partial charge in [0.15, 0.2) is 0 Å². The zero-order valence-corrected chi connectivity index (χ0v) is 40.7. The van der Waals surface area contributed by atoms with E-state index in [1.165, 1.54) is 21.9 Å². The summed E-state index contributed by atoms with van der Waals surface area (Å²) in [5.74, 6) is 2.43. The Balaban J connectivity index is 0.960. The fraction of sp³-hybridized carbons (Fsp3) is 0.0294. The van der Waals surface area contributed by atoms with Gasteiger partial charge in [-0.15, -0.1) is 0 Å². The van der Waals surface area contributed by atoms with E-state index in [1.54, 1.807) is 0 Å². The molecular formula is C68H45N7. The SMILES string of the molecule is c1ccc(-c2cc(-c3ccccc3)nc(-n3c4cc(-c5cccc(-c6nc7ccccc7n6-c6ccccc6)c5)cc5c4c4c(cc(-c6cccc(-c7nc8ccccc8n7-c7ccccc7)c6)cc43)CC5)n2)cc1. The van der Waals surface area contributed by atoms with Gasteiger partial charge >= 0.3 is 0 Å². The highest BCUT2D eigenvalue weighted by Crippen LogP contribution is 2.45. The van der Waals surface area contributed by atoms with Crippen LogP contribution in [0.4, 0.5) is 0 Å². The minimum absolute atomic E-state index is 0.624. The average molecular weight is 960 g/mol. The molecule has 7 heteroatoms. The summed E-state index contributed by atoms with van der Waals surface area (Å²) in [5, 5.41) is 2.51. The number of nitrogens with zero attached hydrogens (tertiary/aromatic N) is 7. The van der Waals surface area contributed by atoms with Gasteiger partial charge in [0, 0.05) is 44.4 Å². The number of para-hydroxylation sites is 6. The van der Waals surface area contributed by atoms with Crippen LogP contribution >= 0.6 is 0 Å². The predicted octanol–water partition coefficient (Wildman–Crippen LogP) is 16.4. The van der Waals surface area contributed by atoms with E-state index in [0.29, 0.717) is 5.95 Å². The predicted molar refractivity (Wildman–Crippen MR) is 306 cm³/mol.